The minimum atomic E-state index is -0.450. The first-order chi connectivity index (χ1) is 6.74. The molecule has 0 aromatic carbocycles. The van der Waals surface area contributed by atoms with Crippen molar-refractivity contribution in [3.8, 4) is 0 Å². The lowest BCUT2D eigenvalue weighted by Crippen LogP contribution is -2.44. The van der Waals surface area contributed by atoms with E-state index in [1.54, 1.807) is 0 Å². The van der Waals surface area contributed by atoms with Gasteiger partial charge in [0.25, 0.3) is 5.91 Å². The Hall–Kier alpha value is -0.650. The molecule has 82 valence electrons. The van der Waals surface area contributed by atoms with Crippen LogP contribution >= 0.6 is 0 Å². The Bertz CT molecular complexity index is 181. The summed E-state index contributed by atoms with van der Waals surface area (Å²) in [6.07, 6.45) is -0.450. The Balaban J connectivity index is 2.19. The van der Waals surface area contributed by atoms with Crippen LogP contribution < -0.4 is 11.1 Å². The monoisotopic (exact) mass is 202 g/mol. The first-order valence-electron chi connectivity index (χ1n) is 4.91. The highest BCUT2D eigenvalue weighted by Crippen LogP contribution is 2.00. The van der Waals surface area contributed by atoms with Crippen LogP contribution in [0.5, 0.6) is 0 Å². The summed E-state index contributed by atoms with van der Waals surface area (Å²) in [4.78, 5) is 11.5. The first-order valence-corrected chi connectivity index (χ1v) is 4.91. The molecular weight excluding hydrogens is 184 g/mol. The lowest BCUT2D eigenvalue weighted by Gasteiger charge is -2.22. The molecule has 2 unspecified atom stereocenters. The molecule has 1 fully saturated rings. The predicted octanol–water partition coefficient (Wildman–Crippen LogP) is -0.887. The average molecular weight is 202 g/mol. The average Bonchev–Trinajstić information content (AvgIpc) is 2.26. The third-order valence-corrected chi connectivity index (χ3v) is 2.14. The Morgan fingerprint density at radius 3 is 3.00 bits per heavy atom. The van der Waals surface area contributed by atoms with Gasteiger partial charge in [0.05, 0.1) is 19.8 Å². The molecule has 0 saturated carbocycles. The van der Waals surface area contributed by atoms with Crippen LogP contribution in [0.2, 0.25) is 0 Å². The number of nitrogens with two attached hydrogens (primary N) is 1. The Morgan fingerprint density at radius 2 is 2.43 bits per heavy atom. The molecule has 1 heterocycles. The van der Waals surface area contributed by atoms with Gasteiger partial charge in [0.2, 0.25) is 0 Å². The van der Waals surface area contributed by atoms with E-state index >= 15 is 0 Å². The molecule has 14 heavy (non-hydrogen) atoms. The molecule has 3 N–H and O–H groups in total. The number of carbonyl (C=O) groups excluding carboxylic acids is 1. The number of ether oxygens (including phenoxy) is 2. The first kappa shape index (κ1) is 11.4. The van der Waals surface area contributed by atoms with Crippen LogP contribution in [0.3, 0.4) is 0 Å². The minimum Gasteiger partial charge on any atom is -0.376 e. The van der Waals surface area contributed by atoms with E-state index in [4.69, 9.17) is 15.2 Å². The molecule has 5 heteroatoms. The Morgan fingerprint density at radius 1 is 1.64 bits per heavy atom. The number of hydrogen-bond acceptors (Lipinski definition) is 4. The van der Waals surface area contributed by atoms with Crippen molar-refractivity contribution in [3.63, 3.8) is 0 Å². The van der Waals surface area contributed by atoms with Gasteiger partial charge in [-0.15, -0.1) is 0 Å². The van der Waals surface area contributed by atoms with Gasteiger partial charge in [-0.3, -0.25) is 4.79 Å². The maximum atomic E-state index is 11.5. The van der Waals surface area contributed by atoms with Crippen LogP contribution in [0.15, 0.2) is 0 Å². The predicted molar refractivity (Wildman–Crippen MR) is 51.8 cm³/mol. The van der Waals surface area contributed by atoms with Crippen molar-refractivity contribution >= 4 is 5.91 Å². The number of nitrogens with one attached hydrogen (secondary N) is 1. The van der Waals surface area contributed by atoms with E-state index in [0.717, 1.165) is 0 Å². The van der Waals surface area contributed by atoms with Gasteiger partial charge < -0.3 is 20.5 Å². The van der Waals surface area contributed by atoms with Crippen LogP contribution in [0.25, 0.3) is 0 Å². The molecule has 1 aliphatic heterocycles. The molecule has 2 atom stereocenters. The zero-order valence-corrected chi connectivity index (χ0v) is 8.49. The van der Waals surface area contributed by atoms with Crippen molar-refractivity contribution in [1.82, 2.24) is 5.32 Å². The van der Waals surface area contributed by atoms with Crippen LogP contribution in [0.1, 0.15) is 6.92 Å². The standard InChI is InChI=1S/C9H18N2O3/c1-7(4-10)5-11-9(12)8-6-13-2-3-14-8/h7-8H,2-6,10H2,1H3,(H,11,12). The second-order valence-electron chi connectivity index (χ2n) is 3.52. The summed E-state index contributed by atoms with van der Waals surface area (Å²) in [5, 5.41) is 2.78. The van der Waals surface area contributed by atoms with Crippen molar-refractivity contribution in [2.75, 3.05) is 32.9 Å². The summed E-state index contributed by atoms with van der Waals surface area (Å²) < 4.78 is 10.4. The summed E-state index contributed by atoms with van der Waals surface area (Å²) in [5.74, 6) is 0.188. The highest BCUT2D eigenvalue weighted by molar-refractivity contribution is 5.80. The van der Waals surface area contributed by atoms with Crippen molar-refractivity contribution in [2.45, 2.75) is 13.0 Å². The molecule has 0 aromatic heterocycles. The molecule has 1 saturated heterocycles. The van der Waals surface area contributed by atoms with Gasteiger partial charge in [-0.25, -0.2) is 0 Å². The number of carbonyl (C=O) groups is 1. The van der Waals surface area contributed by atoms with Crippen molar-refractivity contribution in [2.24, 2.45) is 11.7 Å². The van der Waals surface area contributed by atoms with Crippen molar-refractivity contribution in [1.29, 1.82) is 0 Å². The second-order valence-corrected chi connectivity index (χ2v) is 3.52. The molecule has 1 amide bonds. The molecule has 0 aromatic rings. The Kier molecular flexibility index (Phi) is 4.86. The van der Waals surface area contributed by atoms with Gasteiger partial charge >= 0.3 is 0 Å². The summed E-state index contributed by atoms with van der Waals surface area (Å²) >= 11 is 0. The largest absolute Gasteiger partial charge is 0.376 e. The fourth-order valence-electron chi connectivity index (χ4n) is 1.11. The Labute approximate surface area is 83.9 Å². The van der Waals surface area contributed by atoms with E-state index in [2.05, 4.69) is 5.32 Å². The molecule has 5 nitrogen and oxygen atoms in total. The van der Waals surface area contributed by atoms with Crippen LogP contribution in [0, 0.1) is 5.92 Å². The number of amides is 1. The van der Waals surface area contributed by atoms with Crippen molar-refractivity contribution in [3.05, 3.63) is 0 Å². The van der Waals surface area contributed by atoms with Gasteiger partial charge in [0, 0.05) is 6.54 Å². The molecule has 0 bridgehead atoms. The van der Waals surface area contributed by atoms with Gasteiger partial charge in [-0.05, 0) is 12.5 Å². The molecule has 1 aliphatic rings. The third-order valence-electron chi connectivity index (χ3n) is 2.14. The van der Waals surface area contributed by atoms with E-state index in [1.165, 1.54) is 0 Å². The fraction of sp³-hybridized carbons (Fsp3) is 0.889. The van der Waals surface area contributed by atoms with Crippen LogP contribution in [0.4, 0.5) is 0 Å². The van der Waals surface area contributed by atoms with E-state index in [9.17, 15) is 4.79 Å². The third kappa shape index (κ3) is 3.61. The summed E-state index contributed by atoms with van der Waals surface area (Å²) in [6.45, 7) is 4.56. The summed E-state index contributed by atoms with van der Waals surface area (Å²) in [6, 6.07) is 0. The molecular formula is C9H18N2O3. The maximum absolute atomic E-state index is 11.5. The lowest BCUT2D eigenvalue weighted by atomic mass is 10.2. The lowest BCUT2D eigenvalue weighted by molar-refractivity contribution is -0.147. The van der Waals surface area contributed by atoms with E-state index in [0.29, 0.717) is 38.8 Å². The smallest absolute Gasteiger partial charge is 0.251 e. The zero-order chi connectivity index (χ0) is 10.4. The SMILES string of the molecule is CC(CN)CNC(=O)C1COCCO1. The highest BCUT2D eigenvalue weighted by atomic mass is 16.6. The van der Waals surface area contributed by atoms with E-state index in [-0.39, 0.29) is 5.91 Å². The molecule has 0 aliphatic carbocycles. The van der Waals surface area contributed by atoms with E-state index in [1.807, 2.05) is 6.92 Å². The minimum absolute atomic E-state index is 0.106. The van der Waals surface area contributed by atoms with Crippen LogP contribution in [-0.4, -0.2) is 44.9 Å². The van der Waals surface area contributed by atoms with Crippen molar-refractivity contribution < 1.29 is 14.3 Å². The van der Waals surface area contributed by atoms with E-state index < -0.39 is 6.10 Å². The summed E-state index contributed by atoms with van der Waals surface area (Å²) in [7, 11) is 0. The zero-order valence-electron chi connectivity index (χ0n) is 8.49. The number of hydrogen-bond donors (Lipinski definition) is 2. The fourth-order valence-corrected chi connectivity index (χ4v) is 1.11. The highest BCUT2D eigenvalue weighted by Gasteiger charge is 2.22. The quantitative estimate of drug-likeness (QED) is 0.620. The normalized spacial score (nSPS) is 24.3. The van der Waals surface area contributed by atoms with Crippen LogP contribution in [-0.2, 0) is 14.3 Å². The topological polar surface area (TPSA) is 73.6 Å². The number of rotatable bonds is 4. The maximum Gasteiger partial charge on any atom is 0.251 e. The molecule has 0 radical (unpaired) electrons. The molecule has 0 spiro atoms. The van der Waals surface area contributed by atoms with Gasteiger partial charge in [-0.2, -0.15) is 0 Å². The molecule has 1 rings (SSSR count). The summed E-state index contributed by atoms with van der Waals surface area (Å²) in [5.41, 5.74) is 5.43. The van der Waals surface area contributed by atoms with Gasteiger partial charge in [0.15, 0.2) is 6.10 Å². The van der Waals surface area contributed by atoms with Gasteiger partial charge in [-0.1, -0.05) is 6.92 Å². The second kappa shape index (κ2) is 5.95. The van der Waals surface area contributed by atoms with Gasteiger partial charge in [0.1, 0.15) is 0 Å².